The fraction of sp³-hybridized carbons (Fsp3) is 0.850. The highest BCUT2D eigenvalue weighted by Gasteiger charge is 2.29. The number of allylic oxidation sites excluding steroid dienone is 2. The number of carbonyl (C=O) groups excluding carboxylic acids is 1. The monoisotopic (exact) mass is 319 g/mol. The van der Waals surface area contributed by atoms with E-state index in [9.17, 15) is 4.79 Å². The van der Waals surface area contributed by atoms with Gasteiger partial charge in [0.05, 0.1) is 19.6 Å². The highest BCUT2D eigenvalue weighted by Crippen LogP contribution is 2.19. The summed E-state index contributed by atoms with van der Waals surface area (Å²) in [4.78, 5) is 14.3. The minimum Gasteiger partial charge on any atom is -0.353 e. The Labute approximate surface area is 141 Å². The van der Waals surface area contributed by atoms with Crippen LogP contribution in [0.1, 0.15) is 70.6 Å². The molecule has 23 heavy (non-hydrogen) atoms. The molecule has 1 saturated heterocycles. The van der Waals surface area contributed by atoms with Crippen molar-refractivity contribution in [2.75, 3.05) is 19.6 Å². The van der Waals surface area contributed by atoms with Gasteiger partial charge in [0, 0.05) is 30.7 Å². The van der Waals surface area contributed by atoms with Gasteiger partial charge in [0.25, 0.3) is 0 Å². The molecule has 3 aliphatic rings. The van der Waals surface area contributed by atoms with E-state index in [2.05, 4.69) is 17.5 Å². The van der Waals surface area contributed by atoms with Crippen molar-refractivity contribution in [3.8, 4) is 0 Å². The van der Waals surface area contributed by atoms with Crippen LogP contribution in [0.25, 0.3) is 0 Å². The van der Waals surface area contributed by atoms with E-state index in [1.165, 1.54) is 77.4 Å². The molecule has 3 rings (SSSR count). The zero-order valence-corrected chi connectivity index (χ0v) is 14.7. The van der Waals surface area contributed by atoms with Crippen LogP contribution in [0.15, 0.2) is 12.2 Å². The summed E-state index contributed by atoms with van der Waals surface area (Å²) in [5.74, 6) is 1.52. The molecule has 3 nitrogen and oxygen atoms in total. The quantitative estimate of drug-likeness (QED) is 0.606. The molecule has 1 amide bonds. The Morgan fingerprint density at radius 3 is 2.35 bits per heavy atom. The molecule has 0 aromatic rings. The SMILES string of the molecule is O=C(NC1CCCCCC1)C1CC[NH+](C[C@H]2CC=CCC2)CC1. The molecule has 130 valence electrons. The largest absolute Gasteiger partial charge is 0.353 e. The third-order valence-electron chi connectivity index (χ3n) is 6.22. The lowest BCUT2D eigenvalue weighted by Crippen LogP contribution is -3.13. The van der Waals surface area contributed by atoms with Gasteiger partial charge < -0.3 is 10.2 Å². The molecular formula is C20H35N2O+. The first-order chi connectivity index (χ1) is 11.3. The van der Waals surface area contributed by atoms with Crippen molar-refractivity contribution >= 4 is 5.91 Å². The van der Waals surface area contributed by atoms with E-state index in [1.54, 1.807) is 4.90 Å². The van der Waals surface area contributed by atoms with Crippen molar-refractivity contribution in [2.45, 2.75) is 76.7 Å². The number of amides is 1. The van der Waals surface area contributed by atoms with Crippen molar-refractivity contribution in [1.82, 2.24) is 5.32 Å². The molecule has 0 radical (unpaired) electrons. The number of carbonyl (C=O) groups is 1. The van der Waals surface area contributed by atoms with Gasteiger partial charge in [-0.15, -0.1) is 0 Å². The van der Waals surface area contributed by atoms with Gasteiger partial charge >= 0.3 is 0 Å². The van der Waals surface area contributed by atoms with Crippen LogP contribution in [-0.2, 0) is 4.79 Å². The molecule has 3 heteroatoms. The average Bonchev–Trinajstić information content (AvgIpc) is 2.85. The number of likely N-dealkylation sites (tertiary alicyclic amines) is 1. The number of nitrogens with one attached hydrogen (secondary N) is 2. The Hall–Kier alpha value is -0.830. The maximum absolute atomic E-state index is 12.5. The fourth-order valence-electron chi connectivity index (χ4n) is 4.69. The van der Waals surface area contributed by atoms with Gasteiger partial charge in [0.1, 0.15) is 0 Å². The van der Waals surface area contributed by atoms with Gasteiger partial charge in [-0.1, -0.05) is 37.8 Å². The maximum Gasteiger partial charge on any atom is 0.223 e. The minimum atomic E-state index is 0.285. The summed E-state index contributed by atoms with van der Waals surface area (Å²) in [5.41, 5.74) is 0. The summed E-state index contributed by atoms with van der Waals surface area (Å²) in [5, 5.41) is 3.37. The highest BCUT2D eigenvalue weighted by atomic mass is 16.1. The molecule has 2 fully saturated rings. The van der Waals surface area contributed by atoms with E-state index >= 15 is 0 Å². The Morgan fingerprint density at radius 1 is 0.957 bits per heavy atom. The van der Waals surface area contributed by atoms with E-state index < -0.39 is 0 Å². The number of rotatable bonds is 4. The van der Waals surface area contributed by atoms with Crippen LogP contribution in [0.5, 0.6) is 0 Å². The van der Waals surface area contributed by atoms with Crippen LogP contribution in [0.2, 0.25) is 0 Å². The number of quaternary nitrogens is 1. The second-order valence-electron chi connectivity index (χ2n) is 8.08. The molecule has 0 bridgehead atoms. The molecular weight excluding hydrogens is 284 g/mol. The second-order valence-corrected chi connectivity index (χ2v) is 8.08. The highest BCUT2D eigenvalue weighted by molar-refractivity contribution is 5.79. The first-order valence-corrected chi connectivity index (χ1v) is 10.1. The van der Waals surface area contributed by atoms with E-state index in [1.807, 2.05) is 0 Å². The van der Waals surface area contributed by atoms with Crippen molar-refractivity contribution < 1.29 is 9.69 Å². The molecule has 0 unspecified atom stereocenters. The van der Waals surface area contributed by atoms with Gasteiger partial charge in [-0.3, -0.25) is 4.79 Å². The van der Waals surface area contributed by atoms with E-state index in [4.69, 9.17) is 0 Å². The summed E-state index contributed by atoms with van der Waals surface area (Å²) < 4.78 is 0. The summed E-state index contributed by atoms with van der Waals surface area (Å²) in [7, 11) is 0. The molecule has 0 aromatic heterocycles. The smallest absolute Gasteiger partial charge is 0.223 e. The zero-order chi connectivity index (χ0) is 15.9. The Balaban J connectivity index is 1.37. The molecule has 1 heterocycles. The normalized spacial score (nSPS) is 33.1. The lowest BCUT2D eigenvalue weighted by Gasteiger charge is -2.32. The molecule has 1 atom stereocenters. The molecule has 0 spiro atoms. The first kappa shape index (κ1) is 17.0. The van der Waals surface area contributed by atoms with Gasteiger partial charge in [0.15, 0.2) is 0 Å². The van der Waals surface area contributed by atoms with Crippen LogP contribution in [0.4, 0.5) is 0 Å². The topological polar surface area (TPSA) is 33.5 Å². The fourth-order valence-corrected chi connectivity index (χ4v) is 4.69. The third kappa shape index (κ3) is 5.34. The van der Waals surface area contributed by atoms with Crippen molar-refractivity contribution in [2.24, 2.45) is 11.8 Å². The van der Waals surface area contributed by atoms with Gasteiger partial charge in [0.2, 0.25) is 5.91 Å². The van der Waals surface area contributed by atoms with E-state index in [0.29, 0.717) is 11.9 Å². The van der Waals surface area contributed by atoms with Gasteiger partial charge in [-0.2, -0.15) is 0 Å². The summed E-state index contributed by atoms with van der Waals surface area (Å²) in [6.07, 6.45) is 18.5. The van der Waals surface area contributed by atoms with Crippen molar-refractivity contribution in [3.63, 3.8) is 0 Å². The Bertz CT molecular complexity index is 390. The summed E-state index contributed by atoms with van der Waals surface area (Å²) in [6.45, 7) is 3.72. The predicted octanol–water partition coefficient (Wildman–Crippen LogP) is 2.48. The van der Waals surface area contributed by atoms with Gasteiger partial charge in [-0.25, -0.2) is 0 Å². The van der Waals surface area contributed by atoms with Crippen LogP contribution in [0, 0.1) is 11.8 Å². The maximum atomic E-state index is 12.5. The van der Waals surface area contributed by atoms with Crippen LogP contribution >= 0.6 is 0 Å². The first-order valence-electron chi connectivity index (χ1n) is 10.1. The molecule has 1 saturated carbocycles. The van der Waals surface area contributed by atoms with Gasteiger partial charge in [-0.05, 0) is 32.1 Å². The Morgan fingerprint density at radius 2 is 1.70 bits per heavy atom. The van der Waals surface area contributed by atoms with Crippen LogP contribution in [0.3, 0.4) is 0 Å². The van der Waals surface area contributed by atoms with E-state index in [0.717, 1.165) is 18.8 Å². The van der Waals surface area contributed by atoms with Crippen molar-refractivity contribution in [3.05, 3.63) is 12.2 Å². The minimum absolute atomic E-state index is 0.285. The third-order valence-corrected chi connectivity index (χ3v) is 6.22. The molecule has 2 N–H and O–H groups in total. The number of hydrogen-bond donors (Lipinski definition) is 2. The number of hydrogen-bond acceptors (Lipinski definition) is 1. The second kappa shape index (κ2) is 8.86. The molecule has 0 aromatic carbocycles. The summed E-state index contributed by atoms with van der Waals surface area (Å²) in [6, 6.07) is 0.462. The van der Waals surface area contributed by atoms with E-state index in [-0.39, 0.29) is 5.92 Å². The predicted molar refractivity (Wildman–Crippen MR) is 94.4 cm³/mol. The standard InChI is InChI=1S/C20H34N2O/c23-20(21-19-10-6-1-2-7-11-19)18-12-14-22(15-13-18)16-17-8-4-3-5-9-17/h3-4,17-19H,1-2,5-16H2,(H,21,23)/p+1/t17-/m0/s1. The lowest BCUT2D eigenvalue weighted by atomic mass is 9.91. The van der Waals surface area contributed by atoms with Crippen LogP contribution in [-0.4, -0.2) is 31.6 Å². The van der Waals surface area contributed by atoms with Crippen LogP contribution < -0.4 is 10.2 Å². The Kier molecular flexibility index (Phi) is 6.56. The summed E-state index contributed by atoms with van der Waals surface area (Å²) >= 11 is 0. The average molecular weight is 320 g/mol. The molecule has 1 aliphatic heterocycles. The lowest BCUT2D eigenvalue weighted by molar-refractivity contribution is -0.909. The molecule has 2 aliphatic carbocycles. The van der Waals surface area contributed by atoms with Crippen molar-refractivity contribution in [1.29, 1.82) is 0 Å². The zero-order valence-electron chi connectivity index (χ0n) is 14.7. The number of piperidine rings is 1.